The average molecular weight is 429 g/mol. The van der Waals surface area contributed by atoms with Gasteiger partial charge in [-0.05, 0) is 6.92 Å². The SMILES string of the molecule is Cc1c(CCOP(=O)(O)OP(=O)(O)O)sc[n+]1CC1=CN[C@H](C)NC1N. The lowest BCUT2D eigenvalue weighted by Crippen LogP contribution is -2.55. The van der Waals surface area contributed by atoms with Crippen LogP contribution in [0.1, 0.15) is 17.5 Å². The molecule has 2 heterocycles. The van der Waals surface area contributed by atoms with Gasteiger partial charge in [0.15, 0.2) is 12.2 Å². The van der Waals surface area contributed by atoms with E-state index in [0.717, 1.165) is 16.1 Å². The Morgan fingerprint density at radius 2 is 2.08 bits per heavy atom. The number of nitrogens with zero attached hydrogens (tertiary/aromatic N) is 1. The second kappa shape index (κ2) is 8.57. The standard InChI is InChI=1S/C12H22N4O7P2S/c1-8-11(3-4-22-25(20,21)23-24(17,18)19)26-7-16(8)6-10-5-14-9(2)15-12(10)13/h5,7,9,12,14-15H,3-4,6,13H2,1-2H3,(H2-,17,18,19,20,21)/p+1/t9-,12?/m0/s1. The van der Waals surface area contributed by atoms with Crippen LogP contribution in [-0.4, -0.2) is 33.6 Å². The summed E-state index contributed by atoms with van der Waals surface area (Å²) in [7, 11) is -9.92. The molecular formula is C12H23N4O7P2S+. The van der Waals surface area contributed by atoms with Crippen LogP contribution in [0.15, 0.2) is 17.3 Å². The minimum atomic E-state index is -5.11. The van der Waals surface area contributed by atoms with Gasteiger partial charge >= 0.3 is 15.6 Å². The first-order chi connectivity index (χ1) is 12.0. The van der Waals surface area contributed by atoms with Crippen LogP contribution in [-0.2, 0) is 30.9 Å². The molecule has 26 heavy (non-hydrogen) atoms. The van der Waals surface area contributed by atoms with Gasteiger partial charge in [0, 0.05) is 25.1 Å². The van der Waals surface area contributed by atoms with Gasteiger partial charge in [-0.1, -0.05) is 11.3 Å². The van der Waals surface area contributed by atoms with Gasteiger partial charge in [-0.25, -0.2) is 9.13 Å². The number of nitrogens with two attached hydrogens (primary N) is 1. The van der Waals surface area contributed by atoms with Crippen molar-refractivity contribution in [3.05, 3.63) is 27.9 Å². The molecule has 2 rings (SSSR count). The van der Waals surface area contributed by atoms with Crippen molar-refractivity contribution in [1.29, 1.82) is 0 Å². The molecule has 2 unspecified atom stereocenters. The van der Waals surface area contributed by atoms with E-state index in [2.05, 4.69) is 19.5 Å². The molecule has 0 bridgehead atoms. The topological polar surface area (TPSA) is 167 Å². The van der Waals surface area contributed by atoms with Gasteiger partial charge < -0.3 is 25.7 Å². The summed E-state index contributed by atoms with van der Waals surface area (Å²) < 4.78 is 32.4. The molecule has 14 heteroatoms. The van der Waals surface area contributed by atoms with E-state index in [0.29, 0.717) is 6.54 Å². The molecule has 0 radical (unpaired) electrons. The van der Waals surface area contributed by atoms with Crippen molar-refractivity contribution < 1.29 is 37.2 Å². The number of phosphoric acid groups is 2. The molecule has 0 spiro atoms. The van der Waals surface area contributed by atoms with Crippen LogP contribution in [0.25, 0.3) is 0 Å². The summed E-state index contributed by atoms with van der Waals surface area (Å²) in [5.41, 5.74) is 9.89. The van der Waals surface area contributed by atoms with E-state index in [1.807, 2.05) is 30.1 Å². The van der Waals surface area contributed by atoms with Crippen LogP contribution >= 0.6 is 27.0 Å². The van der Waals surface area contributed by atoms with Crippen molar-refractivity contribution >= 4 is 27.0 Å². The predicted molar refractivity (Wildman–Crippen MR) is 93.7 cm³/mol. The Labute approximate surface area is 154 Å². The minimum Gasteiger partial charge on any atom is -0.376 e. The smallest absolute Gasteiger partial charge is 0.376 e. The highest BCUT2D eigenvalue weighted by atomic mass is 32.1. The molecule has 1 aliphatic rings. The third-order valence-corrected chi connectivity index (χ3v) is 6.98. The lowest BCUT2D eigenvalue weighted by molar-refractivity contribution is -0.690. The first-order valence-corrected chi connectivity index (χ1v) is 11.5. The highest BCUT2D eigenvalue weighted by Crippen LogP contribution is 2.57. The Hall–Kier alpha value is -0.650. The highest BCUT2D eigenvalue weighted by Gasteiger charge is 2.32. The summed E-state index contributed by atoms with van der Waals surface area (Å²) >= 11 is 1.44. The van der Waals surface area contributed by atoms with Crippen LogP contribution < -0.4 is 20.9 Å². The summed E-state index contributed by atoms with van der Waals surface area (Å²) in [6, 6.07) is 0. The van der Waals surface area contributed by atoms with Crippen LogP contribution in [0.3, 0.4) is 0 Å². The lowest BCUT2D eigenvalue weighted by Gasteiger charge is -2.26. The number of aromatic nitrogens is 1. The molecule has 0 saturated heterocycles. The van der Waals surface area contributed by atoms with E-state index in [1.165, 1.54) is 11.3 Å². The molecule has 0 amide bonds. The Morgan fingerprint density at radius 3 is 2.69 bits per heavy atom. The number of phosphoric ester groups is 1. The molecule has 148 valence electrons. The Kier molecular flexibility index (Phi) is 7.14. The van der Waals surface area contributed by atoms with Gasteiger partial charge in [-0.3, -0.25) is 9.84 Å². The van der Waals surface area contributed by atoms with E-state index in [9.17, 15) is 14.0 Å². The molecular weight excluding hydrogens is 406 g/mol. The maximum Gasteiger partial charge on any atom is 0.481 e. The monoisotopic (exact) mass is 429 g/mol. The fourth-order valence-corrected chi connectivity index (χ4v) is 4.91. The quantitative estimate of drug-likeness (QED) is 0.241. The molecule has 11 nitrogen and oxygen atoms in total. The second-order valence-corrected chi connectivity index (χ2v) is 9.50. The number of rotatable bonds is 8. The van der Waals surface area contributed by atoms with E-state index in [4.69, 9.17) is 15.5 Å². The summed E-state index contributed by atoms with van der Waals surface area (Å²) in [5, 5.41) is 6.34. The Balaban J connectivity index is 1.93. The fraction of sp³-hybridized carbons (Fsp3) is 0.583. The largest absolute Gasteiger partial charge is 0.481 e. The molecule has 0 saturated carbocycles. The van der Waals surface area contributed by atoms with Crippen LogP contribution in [0, 0.1) is 6.92 Å². The Morgan fingerprint density at radius 1 is 1.38 bits per heavy atom. The van der Waals surface area contributed by atoms with Crippen LogP contribution in [0.5, 0.6) is 0 Å². The minimum absolute atomic E-state index is 0.0968. The molecule has 0 fully saturated rings. The van der Waals surface area contributed by atoms with Crippen molar-refractivity contribution in [2.24, 2.45) is 5.73 Å². The zero-order chi connectivity index (χ0) is 19.5. The zero-order valence-electron chi connectivity index (χ0n) is 14.2. The van der Waals surface area contributed by atoms with Crippen LogP contribution in [0.4, 0.5) is 0 Å². The van der Waals surface area contributed by atoms with Gasteiger partial charge in [0.25, 0.3) is 0 Å². The van der Waals surface area contributed by atoms with Crippen molar-refractivity contribution in [2.45, 2.75) is 39.1 Å². The molecule has 0 aromatic carbocycles. The van der Waals surface area contributed by atoms with Gasteiger partial charge in [-0.2, -0.15) is 8.88 Å². The molecule has 7 N–H and O–H groups in total. The first kappa shape index (κ1) is 21.6. The number of hydrogen-bond donors (Lipinski definition) is 6. The van der Waals surface area contributed by atoms with Crippen molar-refractivity contribution in [2.75, 3.05) is 6.61 Å². The highest BCUT2D eigenvalue weighted by molar-refractivity contribution is 7.60. The third-order valence-electron chi connectivity index (χ3n) is 3.65. The van der Waals surface area contributed by atoms with Gasteiger partial charge in [-0.15, -0.1) is 0 Å². The summed E-state index contributed by atoms with van der Waals surface area (Å²) in [5.74, 6) is 0. The number of nitrogens with one attached hydrogen (secondary N) is 2. The summed E-state index contributed by atoms with van der Waals surface area (Å²) in [4.78, 5) is 27.3. The lowest BCUT2D eigenvalue weighted by atomic mass is 10.1. The van der Waals surface area contributed by atoms with Gasteiger partial charge in [0.1, 0.15) is 0 Å². The van der Waals surface area contributed by atoms with Crippen molar-refractivity contribution in [3.8, 4) is 0 Å². The molecule has 3 atom stereocenters. The number of thiazole rings is 1. The van der Waals surface area contributed by atoms with Gasteiger partial charge in [0.2, 0.25) is 5.51 Å². The molecule has 1 aromatic heterocycles. The maximum absolute atomic E-state index is 11.4. The normalized spacial score (nSPS) is 23.2. The summed E-state index contributed by atoms with van der Waals surface area (Å²) in [6.07, 6.45) is 2.02. The zero-order valence-corrected chi connectivity index (χ0v) is 16.8. The molecule has 1 aliphatic heterocycles. The average Bonchev–Trinajstić information content (AvgIpc) is 2.80. The van der Waals surface area contributed by atoms with E-state index < -0.39 is 15.6 Å². The first-order valence-electron chi connectivity index (χ1n) is 7.64. The van der Waals surface area contributed by atoms with Crippen molar-refractivity contribution in [3.63, 3.8) is 0 Å². The van der Waals surface area contributed by atoms with E-state index in [-0.39, 0.29) is 25.4 Å². The number of hydrogen-bond acceptors (Lipinski definition) is 8. The fourth-order valence-electron chi connectivity index (χ4n) is 2.35. The van der Waals surface area contributed by atoms with Crippen molar-refractivity contribution in [1.82, 2.24) is 10.6 Å². The second-order valence-electron chi connectivity index (χ2n) is 5.74. The maximum atomic E-state index is 11.4. The third kappa shape index (κ3) is 6.50. The molecule has 0 aliphatic carbocycles. The van der Waals surface area contributed by atoms with E-state index >= 15 is 0 Å². The van der Waals surface area contributed by atoms with Gasteiger partial charge in [0.05, 0.1) is 23.8 Å². The Bertz CT molecular complexity index is 765. The van der Waals surface area contributed by atoms with E-state index in [1.54, 1.807) is 0 Å². The molecule has 1 aromatic rings. The van der Waals surface area contributed by atoms with Crippen LogP contribution in [0.2, 0.25) is 0 Å². The predicted octanol–water partition coefficient (Wildman–Crippen LogP) is -0.180. The summed E-state index contributed by atoms with van der Waals surface area (Å²) in [6.45, 7) is 4.22.